The molecular weight excluding hydrogens is 250 g/mol. The van der Waals surface area contributed by atoms with E-state index in [1.807, 2.05) is 4.90 Å². The van der Waals surface area contributed by atoms with Gasteiger partial charge in [0, 0.05) is 19.7 Å². The molecule has 20 heavy (non-hydrogen) atoms. The first-order valence-corrected chi connectivity index (χ1v) is 8.61. The molecule has 0 aliphatic heterocycles. The highest BCUT2D eigenvalue weighted by Crippen LogP contribution is 2.06. The van der Waals surface area contributed by atoms with Gasteiger partial charge in [0.2, 0.25) is 5.91 Å². The normalized spacial score (nSPS) is 10.8. The van der Waals surface area contributed by atoms with E-state index in [0.717, 1.165) is 32.4 Å². The summed E-state index contributed by atoms with van der Waals surface area (Å²) in [5.74, 6) is 0.173. The van der Waals surface area contributed by atoms with Crippen LogP contribution in [0, 0.1) is 0 Å². The standard InChI is InChI=1S/C17H35NO2/c1-4-7-9-11-13-18(14-12-10-8-5-2)17(19)16-20-15-6-3/h4-16H2,1-3H3. The Bertz CT molecular complexity index is 207. The van der Waals surface area contributed by atoms with E-state index in [-0.39, 0.29) is 12.5 Å². The Hall–Kier alpha value is -0.570. The van der Waals surface area contributed by atoms with Crippen molar-refractivity contribution in [2.24, 2.45) is 0 Å². The number of carbonyl (C=O) groups is 1. The average molecular weight is 285 g/mol. The molecule has 0 atom stereocenters. The fourth-order valence-corrected chi connectivity index (χ4v) is 2.22. The fourth-order valence-electron chi connectivity index (χ4n) is 2.22. The van der Waals surface area contributed by atoms with Crippen LogP contribution in [0.2, 0.25) is 0 Å². The van der Waals surface area contributed by atoms with Crippen LogP contribution in [0.4, 0.5) is 0 Å². The van der Waals surface area contributed by atoms with E-state index < -0.39 is 0 Å². The number of rotatable bonds is 14. The molecule has 0 unspecified atom stereocenters. The van der Waals surface area contributed by atoms with Crippen molar-refractivity contribution in [1.82, 2.24) is 4.90 Å². The van der Waals surface area contributed by atoms with Crippen molar-refractivity contribution in [3.05, 3.63) is 0 Å². The quantitative estimate of drug-likeness (QED) is 0.443. The minimum Gasteiger partial charge on any atom is -0.372 e. The number of nitrogens with zero attached hydrogens (tertiary/aromatic N) is 1. The smallest absolute Gasteiger partial charge is 0.248 e. The molecule has 3 heteroatoms. The molecule has 0 rings (SSSR count). The number of carbonyl (C=O) groups excluding carboxylic acids is 1. The van der Waals surface area contributed by atoms with Crippen LogP contribution in [0.5, 0.6) is 0 Å². The largest absolute Gasteiger partial charge is 0.372 e. The molecule has 3 nitrogen and oxygen atoms in total. The van der Waals surface area contributed by atoms with Crippen LogP contribution < -0.4 is 0 Å². The fraction of sp³-hybridized carbons (Fsp3) is 0.941. The molecule has 0 aliphatic rings. The maximum Gasteiger partial charge on any atom is 0.248 e. The summed E-state index contributed by atoms with van der Waals surface area (Å²) in [4.78, 5) is 14.2. The van der Waals surface area contributed by atoms with E-state index in [2.05, 4.69) is 20.8 Å². The predicted octanol–water partition coefficient (Wildman–Crippen LogP) is 4.40. The van der Waals surface area contributed by atoms with Gasteiger partial charge in [0.05, 0.1) is 0 Å². The summed E-state index contributed by atoms with van der Waals surface area (Å²) in [7, 11) is 0. The topological polar surface area (TPSA) is 29.5 Å². The molecule has 0 aliphatic carbocycles. The molecule has 0 bridgehead atoms. The van der Waals surface area contributed by atoms with Crippen molar-refractivity contribution in [3.63, 3.8) is 0 Å². The molecule has 0 radical (unpaired) electrons. The zero-order valence-electron chi connectivity index (χ0n) is 14.0. The van der Waals surface area contributed by atoms with Crippen LogP contribution in [0.1, 0.15) is 78.6 Å². The second-order valence-corrected chi connectivity index (χ2v) is 5.55. The van der Waals surface area contributed by atoms with Crippen LogP contribution in [-0.4, -0.2) is 37.1 Å². The van der Waals surface area contributed by atoms with Crippen molar-refractivity contribution in [2.75, 3.05) is 26.3 Å². The molecular formula is C17H35NO2. The Morgan fingerprint density at radius 3 is 1.80 bits per heavy atom. The third-order valence-electron chi connectivity index (χ3n) is 3.49. The van der Waals surface area contributed by atoms with E-state index >= 15 is 0 Å². The highest BCUT2D eigenvalue weighted by molar-refractivity contribution is 5.77. The van der Waals surface area contributed by atoms with Gasteiger partial charge >= 0.3 is 0 Å². The molecule has 0 saturated heterocycles. The van der Waals surface area contributed by atoms with Crippen LogP contribution >= 0.6 is 0 Å². The maximum atomic E-state index is 12.1. The van der Waals surface area contributed by atoms with Gasteiger partial charge in [-0.3, -0.25) is 4.79 Å². The molecule has 0 aromatic heterocycles. The summed E-state index contributed by atoms with van der Waals surface area (Å²) in [6, 6.07) is 0. The van der Waals surface area contributed by atoms with Crippen LogP contribution in [0.25, 0.3) is 0 Å². The lowest BCUT2D eigenvalue weighted by atomic mass is 10.1. The number of amides is 1. The van der Waals surface area contributed by atoms with E-state index in [9.17, 15) is 4.79 Å². The second kappa shape index (κ2) is 14.8. The Morgan fingerprint density at radius 1 is 0.800 bits per heavy atom. The average Bonchev–Trinajstić information content (AvgIpc) is 2.45. The Kier molecular flexibility index (Phi) is 14.4. The minimum absolute atomic E-state index is 0.173. The summed E-state index contributed by atoms with van der Waals surface area (Å²) >= 11 is 0. The molecule has 120 valence electrons. The van der Waals surface area contributed by atoms with Crippen molar-refractivity contribution >= 4 is 5.91 Å². The predicted molar refractivity (Wildman–Crippen MR) is 86.0 cm³/mol. The molecule has 0 aromatic rings. The van der Waals surface area contributed by atoms with Gasteiger partial charge in [-0.1, -0.05) is 59.3 Å². The third kappa shape index (κ3) is 11.3. The highest BCUT2D eigenvalue weighted by Gasteiger charge is 2.12. The maximum absolute atomic E-state index is 12.1. The summed E-state index contributed by atoms with van der Waals surface area (Å²) in [6.45, 7) is 9.25. The Labute approximate surface area is 126 Å². The van der Waals surface area contributed by atoms with Crippen LogP contribution in [-0.2, 0) is 9.53 Å². The van der Waals surface area contributed by atoms with E-state index in [0.29, 0.717) is 6.61 Å². The van der Waals surface area contributed by atoms with Crippen molar-refractivity contribution in [2.45, 2.75) is 78.6 Å². The van der Waals surface area contributed by atoms with E-state index in [1.165, 1.54) is 38.5 Å². The highest BCUT2D eigenvalue weighted by atomic mass is 16.5. The van der Waals surface area contributed by atoms with E-state index in [4.69, 9.17) is 4.74 Å². The zero-order chi connectivity index (χ0) is 15.1. The van der Waals surface area contributed by atoms with Gasteiger partial charge in [0.25, 0.3) is 0 Å². The zero-order valence-corrected chi connectivity index (χ0v) is 14.0. The van der Waals surface area contributed by atoms with Gasteiger partial charge < -0.3 is 9.64 Å². The Morgan fingerprint density at radius 2 is 1.35 bits per heavy atom. The van der Waals surface area contributed by atoms with Crippen LogP contribution in [0.15, 0.2) is 0 Å². The first-order valence-electron chi connectivity index (χ1n) is 8.61. The molecule has 0 spiro atoms. The first kappa shape index (κ1) is 19.4. The SMILES string of the molecule is CCCCCCN(CCCCCC)C(=O)COCCC. The van der Waals surface area contributed by atoms with Gasteiger partial charge in [0.15, 0.2) is 0 Å². The molecule has 0 aromatic carbocycles. The lowest BCUT2D eigenvalue weighted by Crippen LogP contribution is -2.35. The van der Waals surface area contributed by atoms with Gasteiger partial charge in [-0.2, -0.15) is 0 Å². The summed E-state index contributed by atoms with van der Waals surface area (Å²) in [5.41, 5.74) is 0. The van der Waals surface area contributed by atoms with Crippen molar-refractivity contribution in [1.29, 1.82) is 0 Å². The molecule has 0 N–H and O–H groups in total. The monoisotopic (exact) mass is 285 g/mol. The van der Waals surface area contributed by atoms with Crippen LogP contribution in [0.3, 0.4) is 0 Å². The molecule has 1 amide bonds. The number of ether oxygens (including phenoxy) is 1. The lowest BCUT2D eigenvalue weighted by Gasteiger charge is -2.22. The number of hydrogen-bond acceptors (Lipinski definition) is 2. The Balaban J connectivity index is 3.98. The van der Waals surface area contributed by atoms with Crippen molar-refractivity contribution in [3.8, 4) is 0 Å². The van der Waals surface area contributed by atoms with Gasteiger partial charge in [-0.15, -0.1) is 0 Å². The van der Waals surface area contributed by atoms with E-state index in [1.54, 1.807) is 0 Å². The molecule has 0 fully saturated rings. The summed E-state index contributed by atoms with van der Waals surface area (Å²) in [5, 5.41) is 0. The van der Waals surface area contributed by atoms with Crippen molar-refractivity contribution < 1.29 is 9.53 Å². The third-order valence-corrected chi connectivity index (χ3v) is 3.49. The second-order valence-electron chi connectivity index (χ2n) is 5.55. The minimum atomic E-state index is 0.173. The van der Waals surface area contributed by atoms with Gasteiger partial charge in [0.1, 0.15) is 6.61 Å². The molecule has 0 heterocycles. The lowest BCUT2D eigenvalue weighted by molar-refractivity contribution is -0.136. The molecule has 0 saturated carbocycles. The van der Waals surface area contributed by atoms with Gasteiger partial charge in [-0.05, 0) is 19.3 Å². The number of hydrogen-bond donors (Lipinski definition) is 0. The van der Waals surface area contributed by atoms with Gasteiger partial charge in [-0.25, -0.2) is 0 Å². The summed E-state index contributed by atoms with van der Waals surface area (Å²) < 4.78 is 5.39. The first-order chi connectivity index (χ1) is 9.76. The number of unbranched alkanes of at least 4 members (excludes halogenated alkanes) is 6. The summed E-state index contributed by atoms with van der Waals surface area (Å²) in [6.07, 6.45) is 10.7.